The first-order chi connectivity index (χ1) is 7.61. The van der Waals surface area contributed by atoms with Crippen LogP contribution in [0.5, 0.6) is 0 Å². The molecule has 0 aromatic heterocycles. The van der Waals surface area contributed by atoms with Crippen LogP contribution in [0.25, 0.3) is 0 Å². The highest BCUT2D eigenvalue weighted by atomic mass is 79.9. The number of ether oxygens (including phenoxy) is 2. The molecule has 0 spiro atoms. The molecule has 0 radical (unpaired) electrons. The molecule has 0 aromatic carbocycles. The molecule has 4 unspecified atom stereocenters. The van der Waals surface area contributed by atoms with Gasteiger partial charge in [-0.3, -0.25) is 8.98 Å². The van der Waals surface area contributed by atoms with Gasteiger partial charge in [0.2, 0.25) is 0 Å². The predicted molar refractivity (Wildman–Crippen MR) is 56.8 cm³/mol. The van der Waals surface area contributed by atoms with E-state index in [9.17, 15) is 13.2 Å². The second kappa shape index (κ2) is 4.99. The minimum atomic E-state index is -2.96. The van der Waals surface area contributed by atoms with E-state index in [0.717, 1.165) is 12.8 Å². The molecule has 2 aliphatic rings. The maximum atomic E-state index is 11.1. The lowest BCUT2D eigenvalue weighted by molar-refractivity contribution is -0.151. The van der Waals surface area contributed by atoms with Gasteiger partial charge in [-0.2, -0.15) is 0 Å². The predicted octanol–water partition coefficient (Wildman–Crippen LogP) is -0.234. The normalized spacial score (nSPS) is 36.9. The van der Waals surface area contributed by atoms with E-state index in [0.29, 0.717) is 0 Å². The van der Waals surface area contributed by atoms with Gasteiger partial charge in [0.25, 0.3) is 11.0 Å². The zero-order valence-electron chi connectivity index (χ0n) is 8.21. The van der Waals surface area contributed by atoms with E-state index in [2.05, 4.69) is 15.9 Å². The smallest absolute Gasteiger partial charge is 0.317 e. The third-order valence-corrected chi connectivity index (χ3v) is 3.60. The maximum Gasteiger partial charge on any atom is 0.317 e. The molecule has 8 heteroatoms. The van der Waals surface area contributed by atoms with Gasteiger partial charge < -0.3 is 9.47 Å². The summed E-state index contributed by atoms with van der Waals surface area (Å²) in [6.45, 7) is 0. The van der Waals surface area contributed by atoms with Crippen LogP contribution in [-0.4, -0.2) is 44.1 Å². The van der Waals surface area contributed by atoms with Crippen LogP contribution >= 0.6 is 15.9 Å². The Morgan fingerprint density at radius 3 is 2.50 bits per heavy atom. The molecule has 2 fully saturated rings. The Morgan fingerprint density at radius 1 is 1.31 bits per heavy atom. The molecule has 16 heavy (non-hydrogen) atoms. The van der Waals surface area contributed by atoms with Crippen LogP contribution in [0.1, 0.15) is 12.8 Å². The van der Waals surface area contributed by atoms with E-state index >= 15 is 0 Å². The molecule has 4 atom stereocenters. The van der Waals surface area contributed by atoms with E-state index in [4.69, 9.17) is 13.7 Å². The summed E-state index contributed by atoms with van der Waals surface area (Å²) in [6, 6.07) is 0. The fraction of sp³-hybridized carbons (Fsp3) is 0.875. The van der Waals surface area contributed by atoms with Gasteiger partial charge in [-0.25, -0.2) is 8.42 Å². The van der Waals surface area contributed by atoms with Crippen molar-refractivity contribution in [1.82, 2.24) is 0 Å². The van der Waals surface area contributed by atoms with Crippen molar-refractivity contribution in [2.75, 3.05) is 5.33 Å². The number of alkyl halides is 1. The first kappa shape index (κ1) is 12.3. The quantitative estimate of drug-likeness (QED) is 0.438. The topological polar surface area (TPSA) is 78.9 Å². The molecule has 92 valence electrons. The largest absolute Gasteiger partial charge is 0.456 e. The molecule has 2 rings (SSSR count). The molecule has 2 heterocycles. The fourth-order valence-electron chi connectivity index (χ4n) is 2.15. The van der Waals surface area contributed by atoms with Crippen LogP contribution < -0.4 is 0 Å². The van der Waals surface area contributed by atoms with Crippen LogP contribution in [0.2, 0.25) is 0 Å². The Morgan fingerprint density at radius 2 is 1.94 bits per heavy atom. The van der Waals surface area contributed by atoms with Crippen LogP contribution in [0.15, 0.2) is 0 Å². The summed E-state index contributed by atoms with van der Waals surface area (Å²) >= 11 is 2.97. The maximum absolute atomic E-state index is 11.1. The number of carbonyl (C=O) groups excluding carboxylic acids is 1. The summed E-state index contributed by atoms with van der Waals surface area (Å²) in [5, 5.41) is 0.0666. The Bertz CT molecular complexity index is 348. The number of carbonyl (C=O) groups is 1. The SMILES string of the molecule is O=C(CBr)OC1C2CCC(O2)C1O[SH](=O)=O. The Balaban J connectivity index is 2.05. The van der Waals surface area contributed by atoms with Gasteiger partial charge in [0.05, 0.1) is 12.2 Å². The Labute approximate surface area is 103 Å². The van der Waals surface area contributed by atoms with Gasteiger partial charge in [-0.15, -0.1) is 0 Å². The highest BCUT2D eigenvalue weighted by molar-refractivity contribution is 9.09. The van der Waals surface area contributed by atoms with Gasteiger partial charge in [0.15, 0.2) is 6.10 Å². The molecule has 0 N–H and O–H groups in total. The number of rotatable bonds is 4. The van der Waals surface area contributed by atoms with Crippen LogP contribution in [-0.2, 0) is 29.4 Å². The van der Waals surface area contributed by atoms with Crippen molar-refractivity contribution in [3.05, 3.63) is 0 Å². The number of thiol groups is 1. The van der Waals surface area contributed by atoms with E-state index in [1.807, 2.05) is 0 Å². The van der Waals surface area contributed by atoms with Gasteiger partial charge in [-0.1, -0.05) is 15.9 Å². The first-order valence-corrected chi connectivity index (χ1v) is 7.05. The molecule has 0 amide bonds. The van der Waals surface area contributed by atoms with Crippen molar-refractivity contribution in [2.24, 2.45) is 0 Å². The van der Waals surface area contributed by atoms with Crippen molar-refractivity contribution >= 4 is 32.9 Å². The summed E-state index contributed by atoms with van der Waals surface area (Å²) < 4.78 is 36.4. The lowest BCUT2D eigenvalue weighted by Gasteiger charge is -2.25. The van der Waals surface area contributed by atoms with Crippen LogP contribution in [0.4, 0.5) is 0 Å². The van der Waals surface area contributed by atoms with Crippen LogP contribution in [0.3, 0.4) is 0 Å². The Hall–Kier alpha value is -0.180. The van der Waals surface area contributed by atoms with E-state index < -0.39 is 29.2 Å². The minimum Gasteiger partial charge on any atom is -0.456 e. The van der Waals surface area contributed by atoms with Gasteiger partial charge in [0, 0.05) is 0 Å². The molecule has 2 bridgehead atoms. The third kappa shape index (κ3) is 2.39. The lowest BCUT2D eigenvalue weighted by atomic mass is 9.95. The first-order valence-electron chi connectivity index (χ1n) is 4.84. The van der Waals surface area contributed by atoms with Crippen LogP contribution in [0, 0.1) is 0 Å². The number of esters is 1. The van der Waals surface area contributed by atoms with Crippen molar-refractivity contribution in [3.8, 4) is 0 Å². The molecular weight excluding hydrogens is 304 g/mol. The number of hydrogen-bond donors (Lipinski definition) is 1. The molecule has 0 saturated carbocycles. The fourth-order valence-corrected chi connectivity index (χ4v) is 2.74. The molecule has 2 aliphatic heterocycles. The standard InChI is InChI=1S/C8H11BrO6S/c9-3-6(10)14-7-4-1-2-5(13-4)8(7)15-16(11)12/h4-5,7-8,16H,1-3H2. The van der Waals surface area contributed by atoms with Gasteiger partial charge >= 0.3 is 5.97 Å². The second-order valence-electron chi connectivity index (χ2n) is 3.67. The molecule has 6 nitrogen and oxygen atoms in total. The van der Waals surface area contributed by atoms with Crippen molar-refractivity contribution in [1.29, 1.82) is 0 Å². The highest BCUT2D eigenvalue weighted by Crippen LogP contribution is 2.38. The zero-order valence-corrected chi connectivity index (χ0v) is 10.7. The summed E-state index contributed by atoms with van der Waals surface area (Å²) in [5.41, 5.74) is 0. The highest BCUT2D eigenvalue weighted by Gasteiger charge is 2.52. The zero-order chi connectivity index (χ0) is 11.7. The summed E-state index contributed by atoms with van der Waals surface area (Å²) in [5.74, 6) is -0.448. The second-order valence-corrected chi connectivity index (χ2v) is 4.89. The molecule has 2 saturated heterocycles. The van der Waals surface area contributed by atoms with Crippen molar-refractivity contribution in [3.63, 3.8) is 0 Å². The van der Waals surface area contributed by atoms with Crippen molar-refractivity contribution in [2.45, 2.75) is 37.3 Å². The van der Waals surface area contributed by atoms with E-state index in [1.54, 1.807) is 0 Å². The average Bonchev–Trinajstić information content (AvgIpc) is 2.80. The lowest BCUT2D eigenvalue weighted by Crippen LogP contribution is -2.42. The van der Waals surface area contributed by atoms with Gasteiger partial charge in [-0.05, 0) is 12.8 Å². The Kier molecular flexibility index (Phi) is 3.83. The number of hydrogen-bond acceptors (Lipinski definition) is 6. The minimum absolute atomic E-state index is 0.0666. The average molecular weight is 315 g/mol. The number of fused-ring (bicyclic) bond motifs is 2. The monoisotopic (exact) mass is 314 g/mol. The molecule has 0 aromatic rings. The third-order valence-electron chi connectivity index (χ3n) is 2.73. The van der Waals surface area contributed by atoms with E-state index in [1.165, 1.54) is 0 Å². The molecule has 0 aliphatic carbocycles. The van der Waals surface area contributed by atoms with Gasteiger partial charge in [0.1, 0.15) is 11.4 Å². The molecular formula is C8H11BrO6S. The summed E-state index contributed by atoms with van der Waals surface area (Å²) in [7, 11) is -2.96. The van der Waals surface area contributed by atoms with E-state index in [-0.39, 0.29) is 17.5 Å². The number of halogens is 1. The van der Waals surface area contributed by atoms with Crippen molar-refractivity contribution < 1.29 is 26.9 Å². The summed E-state index contributed by atoms with van der Waals surface area (Å²) in [6.07, 6.45) is -0.333. The summed E-state index contributed by atoms with van der Waals surface area (Å²) in [4.78, 5) is 11.1.